The zero-order chi connectivity index (χ0) is 11.5. The summed E-state index contributed by atoms with van der Waals surface area (Å²) in [7, 11) is 0. The van der Waals surface area contributed by atoms with Crippen molar-refractivity contribution in [3.8, 4) is 0 Å². The van der Waals surface area contributed by atoms with Gasteiger partial charge in [0.15, 0.2) is 0 Å². The van der Waals surface area contributed by atoms with Crippen molar-refractivity contribution in [2.24, 2.45) is 29.4 Å². The van der Waals surface area contributed by atoms with Crippen LogP contribution in [0.5, 0.6) is 0 Å². The third kappa shape index (κ3) is 2.98. The van der Waals surface area contributed by atoms with Gasteiger partial charge in [-0.25, -0.2) is 0 Å². The molecule has 2 fully saturated rings. The standard InChI is InChI=1S/C14H27NO/c1-10-4-2-5-11(8-10)12-6-3-7-13(9-12)14(15)16/h10-14,16H,2-9,15H2,1H3. The molecule has 0 heterocycles. The second kappa shape index (κ2) is 5.50. The third-order valence-corrected chi connectivity index (χ3v) is 4.88. The van der Waals surface area contributed by atoms with Crippen molar-refractivity contribution in [3.05, 3.63) is 0 Å². The van der Waals surface area contributed by atoms with Gasteiger partial charge in [-0.15, -0.1) is 0 Å². The van der Waals surface area contributed by atoms with Crippen LogP contribution in [0.1, 0.15) is 58.3 Å². The Hall–Kier alpha value is -0.0800. The molecule has 2 aliphatic rings. The van der Waals surface area contributed by atoms with Crippen molar-refractivity contribution in [2.45, 2.75) is 64.5 Å². The average Bonchev–Trinajstić information content (AvgIpc) is 2.29. The van der Waals surface area contributed by atoms with Gasteiger partial charge in [-0.1, -0.05) is 39.0 Å². The van der Waals surface area contributed by atoms with E-state index in [-0.39, 0.29) is 0 Å². The van der Waals surface area contributed by atoms with Gasteiger partial charge in [-0.05, 0) is 42.9 Å². The molecule has 16 heavy (non-hydrogen) atoms. The van der Waals surface area contributed by atoms with E-state index < -0.39 is 6.23 Å². The van der Waals surface area contributed by atoms with Crippen LogP contribution in [0.4, 0.5) is 0 Å². The summed E-state index contributed by atoms with van der Waals surface area (Å²) in [5.74, 6) is 3.06. The highest BCUT2D eigenvalue weighted by molar-refractivity contribution is 4.83. The van der Waals surface area contributed by atoms with E-state index in [9.17, 15) is 5.11 Å². The Morgan fingerprint density at radius 2 is 1.62 bits per heavy atom. The average molecular weight is 225 g/mol. The van der Waals surface area contributed by atoms with Gasteiger partial charge < -0.3 is 10.8 Å². The maximum Gasteiger partial charge on any atom is 0.105 e. The molecule has 2 nitrogen and oxygen atoms in total. The molecule has 2 saturated carbocycles. The van der Waals surface area contributed by atoms with Gasteiger partial charge >= 0.3 is 0 Å². The third-order valence-electron chi connectivity index (χ3n) is 4.88. The van der Waals surface area contributed by atoms with E-state index in [4.69, 9.17) is 5.73 Å². The van der Waals surface area contributed by atoms with E-state index in [0.717, 1.165) is 24.2 Å². The largest absolute Gasteiger partial charge is 0.379 e. The molecule has 0 aromatic carbocycles. The van der Waals surface area contributed by atoms with Crippen LogP contribution in [0.25, 0.3) is 0 Å². The maximum absolute atomic E-state index is 9.52. The molecule has 0 aromatic rings. The second-order valence-electron chi connectivity index (χ2n) is 6.21. The monoisotopic (exact) mass is 225 g/mol. The van der Waals surface area contributed by atoms with Crippen LogP contribution >= 0.6 is 0 Å². The fraction of sp³-hybridized carbons (Fsp3) is 1.00. The Morgan fingerprint density at radius 3 is 2.25 bits per heavy atom. The SMILES string of the molecule is CC1CCCC(C2CCCC(C(N)O)C2)C1. The topological polar surface area (TPSA) is 46.2 Å². The van der Waals surface area contributed by atoms with Crippen molar-refractivity contribution < 1.29 is 5.11 Å². The van der Waals surface area contributed by atoms with Crippen LogP contribution in [0.15, 0.2) is 0 Å². The minimum absolute atomic E-state index is 0.371. The number of aliphatic hydroxyl groups excluding tert-OH is 1. The van der Waals surface area contributed by atoms with E-state index in [1.807, 2.05) is 0 Å². The molecule has 2 heteroatoms. The molecule has 0 aromatic heterocycles. The number of rotatable bonds is 2. The molecule has 5 unspecified atom stereocenters. The molecular weight excluding hydrogens is 198 g/mol. The van der Waals surface area contributed by atoms with Gasteiger partial charge in [-0.3, -0.25) is 0 Å². The van der Waals surface area contributed by atoms with Gasteiger partial charge in [0, 0.05) is 0 Å². The van der Waals surface area contributed by atoms with Crippen LogP contribution in [0.3, 0.4) is 0 Å². The lowest BCUT2D eigenvalue weighted by Gasteiger charge is -2.38. The first-order chi connectivity index (χ1) is 7.66. The van der Waals surface area contributed by atoms with Gasteiger partial charge in [-0.2, -0.15) is 0 Å². The zero-order valence-corrected chi connectivity index (χ0v) is 10.6. The summed E-state index contributed by atoms with van der Waals surface area (Å²) in [6.07, 6.45) is 10.1. The van der Waals surface area contributed by atoms with Crippen LogP contribution in [-0.2, 0) is 0 Å². The maximum atomic E-state index is 9.52. The van der Waals surface area contributed by atoms with E-state index in [1.165, 1.54) is 44.9 Å². The predicted molar refractivity (Wildman–Crippen MR) is 66.8 cm³/mol. The zero-order valence-electron chi connectivity index (χ0n) is 10.6. The van der Waals surface area contributed by atoms with Gasteiger partial charge in [0.05, 0.1) is 0 Å². The number of nitrogens with two attached hydrogens (primary N) is 1. The van der Waals surface area contributed by atoms with Crippen LogP contribution in [-0.4, -0.2) is 11.3 Å². The van der Waals surface area contributed by atoms with Crippen molar-refractivity contribution in [2.75, 3.05) is 0 Å². The molecule has 0 radical (unpaired) electrons. The number of hydrogen-bond acceptors (Lipinski definition) is 2. The highest BCUT2D eigenvalue weighted by Crippen LogP contribution is 2.42. The van der Waals surface area contributed by atoms with E-state index in [2.05, 4.69) is 6.92 Å². The summed E-state index contributed by atoms with van der Waals surface area (Å²) in [5.41, 5.74) is 5.64. The van der Waals surface area contributed by atoms with Crippen molar-refractivity contribution >= 4 is 0 Å². The second-order valence-corrected chi connectivity index (χ2v) is 6.21. The summed E-state index contributed by atoms with van der Waals surface area (Å²) in [5, 5.41) is 9.52. The Kier molecular flexibility index (Phi) is 4.26. The fourth-order valence-electron chi connectivity index (χ4n) is 3.91. The van der Waals surface area contributed by atoms with Crippen molar-refractivity contribution in [1.29, 1.82) is 0 Å². The number of aliphatic hydroxyl groups is 1. The first-order valence-electron chi connectivity index (χ1n) is 7.10. The van der Waals surface area contributed by atoms with E-state index in [0.29, 0.717) is 5.92 Å². The van der Waals surface area contributed by atoms with E-state index in [1.54, 1.807) is 0 Å². The molecule has 94 valence electrons. The molecule has 0 bridgehead atoms. The van der Waals surface area contributed by atoms with E-state index >= 15 is 0 Å². The summed E-state index contributed by atoms with van der Waals surface area (Å²) in [6.45, 7) is 2.39. The normalized spacial score (nSPS) is 42.9. The predicted octanol–water partition coefficient (Wildman–Crippen LogP) is 2.90. The molecule has 3 N–H and O–H groups in total. The first kappa shape index (κ1) is 12.4. The lowest BCUT2D eigenvalue weighted by molar-refractivity contribution is 0.0509. The molecular formula is C14H27NO. The van der Waals surface area contributed by atoms with Crippen LogP contribution in [0, 0.1) is 23.7 Å². The lowest BCUT2D eigenvalue weighted by Crippen LogP contribution is -2.35. The lowest BCUT2D eigenvalue weighted by atomic mass is 9.68. The number of hydrogen-bond donors (Lipinski definition) is 2. The molecule has 5 atom stereocenters. The summed E-state index contributed by atoms with van der Waals surface area (Å²) >= 11 is 0. The first-order valence-corrected chi connectivity index (χ1v) is 7.10. The molecule has 2 aliphatic carbocycles. The molecule has 0 saturated heterocycles. The summed E-state index contributed by atoms with van der Waals surface area (Å²) in [6, 6.07) is 0. The van der Waals surface area contributed by atoms with Crippen LogP contribution in [0.2, 0.25) is 0 Å². The smallest absolute Gasteiger partial charge is 0.105 e. The Bertz CT molecular complexity index is 217. The minimum atomic E-state index is -0.580. The van der Waals surface area contributed by atoms with Gasteiger partial charge in [0.2, 0.25) is 0 Å². The van der Waals surface area contributed by atoms with Crippen molar-refractivity contribution in [1.82, 2.24) is 0 Å². The minimum Gasteiger partial charge on any atom is -0.379 e. The molecule has 2 rings (SSSR count). The van der Waals surface area contributed by atoms with Gasteiger partial charge in [0.1, 0.15) is 6.23 Å². The Balaban J connectivity index is 1.88. The Morgan fingerprint density at radius 1 is 1.00 bits per heavy atom. The quantitative estimate of drug-likeness (QED) is 0.710. The highest BCUT2D eigenvalue weighted by atomic mass is 16.3. The Labute approximate surface area is 99.6 Å². The van der Waals surface area contributed by atoms with Gasteiger partial charge in [0.25, 0.3) is 0 Å². The summed E-state index contributed by atoms with van der Waals surface area (Å²) < 4.78 is 0. The molecule has 0 amide bonds. The summed E-state index contributed by atoms with van der Waals surface area (Å²) in [4.78, 5) is 0. The fourth-order valence-corrected chi connectivity index (χ4v) is 3.91. The van der Waals surface area contributed by atoms with Crippen LogP contribution < -0.4 is 5.73 Å². The van der Waals surface area contributed by atoms with Crippen molar-refractivity contribution in [3.63, 3.8) is 0 Å². The highest BCUT2D eigenvalue weighted by Gasteiger charge is 2.32. The molecule has 0 spiro atoms. The molecule has 0 aliphatic heterocycles.